The van der Waals surface area contributed by atoms with Crippen LogP contribution in [0.5, 0.6) is 0 Å². The number of nitrogens with one attached hydrogen (secondary N) is 1. The molecule has 170 valence electrons. The minimum absolute atomic E-state index is 0. The summed E-state index contributed by atoms with van der Waals surface area (Å²) in [5.74, 6) is 0.113. The van der Waals surface area contributed by atoms with E-state index in [1.165, 1.54) is 5.56 Å². The lowest BCUT2D eigenvalue weighted by Gasteiger charge is -2.34. The third kappa shape index (κ3) is 8.34. The van der Waals surface area contributed by atoms with Gasteiger partial charge in [-0.05, 0) is 62.2 Å². The van der Waals surface area contributed by atoms with Gasteiger partial charge in [0, 0.05) is 55.5 Å². The van der Waals surface area contributed by atoms with Gasteiger partial charge in [0.05, 0.1) is 12.7 Å². The molecule has 0 radical (unpaired) electrons. The maximum Gasteiger partial charge on any atom is 0.253 e. The Balaban J connectivity index is 0.00000341. The van der Waals surface area contributed by atoms with E-state index < -0.39 is 0 Å². The molecule has 1 saturated heterocycles. The highest BCUT2D eigenvalue weighted by Gasteiger charge is 2.21. The van der Waals surface area contributed by atoms with Gasteiger partial charge in [0.25, 0.3) is 5.91 Å². The third-order valence-electron chi connectivity index (χ3n) is 5.30. The molecule has 0 unspecified atom stereocenters. The molecule has 2 aromatic carbocycles. The van der Waals surface area contributed by atoms with Crippen LogP contribution in [-0.2, 0) is 11.2 Å². The first-order valence-corrected chi connectivity index (χ1v) is 11.1. The van der Waals surface area contributed by atoms with Crippen LogP contribution in [0.3, 0.4) is 0 Å². The number of hydrogen-bond acceptors (Lipinski definition) is 4. The molecular weight excluding hydrogens is 433 g/mol. The molecule has 31 heavy (non-hydrogen) atoms. The predicted octanol–water partition coefficient (Wildman–Crippen LogP) is 4.60. The molecule has 1 aliphatic heterocycles. The van der Waals surface area contributed by atoms with Crippen molar-refractivity contribution in [2.24, 2.45) is 0 Å². The molecule has 0 saturated carbocycles. The van der Waals surface area contributed by atoms with Gasteiger partial charge in [-0.1, -0.05) is 23.7 Å². The monoisotopic (exact) mass is 465 g/mol. The zero-order valence-electron chi connectivity index (χ0n) is 18.4. The quantitative estimate of drug-likeness (QED) is 0.549. The number of carbonyl (C=O) groups excluding carboxylic acids is 1. The number of benzene rings is 2. The van der Waals surface area contributed by atoms with Gasteiger partial charge in [-0.3, -0.25) is 9.69 Å². The summed E-state index contributed by atoms with van der Waals surface area (Å²) in [4.78, 5) is 17.2. The van der Waals surface area contributed by atoms with Crippen molar-refractivity contribution >= 4 is 35.6 Å². The molecule has 7 heteroatoms. The average molecular weight is 466 g/mol. The minimum atomic E-state index is 0. The number of ether oxygens (including phenoxy) is 1. The summed E-state index contributed by atoms with van der Waals surface area (Å²) < 4.78 is 5.53. The van der Waals surface area contributed by atoms with Gasteiger partial charge in [-0.2, -0.15) is 0 Å². The Morgan fingerprint density at radius 2 is 1.68 bits per heavy atom. The predicted molar refractivity (Wildman–Crippen MR) is 131 cm³/mol. The highest BCUT2D eigenvalue weighted by molar-refractivity contribution is 6.30. The molecule has 1 fully saturated rings. The number of halogens is 2. The molecule has 0 aromatic heterocycles. The van der Waals surface area contributed by atoms with Crippen LogP contribution < -0.4 is 5.32 Å². The zero-order valence-corrected chi connectivity index (χ0v) is 19.9. The SMILES string of the molecule is CC(C)OCCNc1ccc(C(=O)N2CCN(CCc3ccc(Cl)cc3)CC2)cc1.Cl. The largest absolute Gasteiger partial charge is 0.383 e. The number of amides is 1. The van der Waals surface area contributed by atoms with Gasteiger partial charge < -0.3 is 15.0 Å². The summed E-state index contributed by atoms with van der Waals surface area (Å²) in [6.07, 6.45) is 1.24. The summed E-state index contributed by atoms with van der Waals surface area (Å²) in [7, 11) is 0. The van der Waals surface area contributed by atoms with E-state index in [0.29, 0.717) is 6.61 Å². The van der Waals surface area contributed by atoms with Crippen molar-refractivity contribution < 1.29 is 9.53 Å². The van der Waals surface area contributed by atoms with Gasteiger partial charge in [0.1, 0.15) is 0 Å². The zero-order chi connectivity index (χ0) is 21.3. The minimum Gasteiger partial charge on any atom is -0.383 e. The molecule has 1 aliphatic rings. The second-order valence-electron chi connectivity index (χ2n) is 7.93. The lowest BCUT2D eigenvalue weighted by Crippen LogP contribution is -2.49. The topological polar surface area (TPSA) is 44.8 Å². The fraction of sp³-hybridized carbons (Fsp3) is 0.458. The summed E-state index contributed by atoms with van der Waals surface area (Å²) >= 11 is 5.95. The summed E-state index contributed by atoms with van der Waals surface area (Å²) in [6.45, 7) is 9.84. The van der Waals surface area contributed by atoms with Crippen molar-refractivity contribution in [2.75, 3.05) is 51.2 Å². The van der Waals surface area contributed by atoms with E-state index in [1.807, 2.05) is 55.1 Å². The van der Waals surface area contributed by atoms with E-state index in [0.717, 1.165) is 62.0 Å². The Morgan fingerprint density at radius 3 is 2.29 bits per heavy atom. The lowest BCUT2D eigenvalue weighted by molar-refractivity contribution is 0.0638. The molecule has 1 amide bonds. The molecule has 0 atom stereocenters. The summed E-state index contributed by atoms with van der Waals surface area (Å²) in [5, 5.41) is 4.09. The van der Waals surface area contributed by atoms with Crippen LogP contribution in [0.4, 0.5) is 5.69 Å². The highest BCUT2D eigenvalue weighted by atomic mass is 35.5. The van der Waals surface area contributed by atoms with Crippen LogP contribution in [0.25, 0.3) is 0 Å². The smallest absolute Gasteiger partial charge is 0.253 e. The number of nitrogens with zero attached hydrogens (tertiary/aromatic N) is 2. The van der Waals surface area contributed by atoms with Crippen LogP contribution in [0, 0.1) is 0 Å². The first kappa shape index (κ1) is 25.5. The van der Waals surface area contributed by atoms with Crippen molar-refractivity contribution in [3.05, 3.63) is 64.7 Å². The number of rotatable bonds is 9. The van der Waals surface area contributed by atoms with Crippen LogP contribution in [0.2, 0.25) is 5.02 Å². The normalized spacial score (nSPS) is 14.4. The molecule has 0 bridgehead atoms. The number of piperazine rings is 1. The molecule has 0 aliphatic carbocycles. The van der Waals surface area contributed by atoms with Crippen LogP contribution in [-0.4, -0.2) is 67.7 Å². The van der Waals surface area contributed by atoms with Gasteiger partial charge in [0.2, 0.25) is 0 Å². The van der Waals surface area contributed by atoms with E-state index in [2.05, 4.69) is 22.3 Å². The Hall–Kier alpha value is -1.79. The molecule has 5 nitrogen and oxygen atoms in total. The second kappa shape index (κ2) is 12.9. The van der Waals surface area contributed by atoms with Crippen molar-refractivity contribution in [1.82, 2.24) is 9.80 Å². The number of carbonyl (C=O) groups is 1. The molecule has 1 N–H and O–H groups in total. The van der Waals surface area contributed by atoms with E-state index in [1.54, 1.807) is 0 Å². The van der Waals surface area contributed by atoms with E-state index >= 15 is 0 Å². The first-order valence-electron chi connectivity index (χ1n) is 10.7. The third-order valence-corrected chi connectivity index (χ3v) is 5.56. The van der Waals surface area contributed by atoms with Crippen LogP contribution in [0.15, 0.2) is 48.5 Å². The standard InChI is InChI=1S/C24H32ClN3O2.ClH/c1-19(2)30-18-12-26-23-9-5-21(6-10-23)24(29)28-16-14-27(15-17-28)13-11-20-3-7-22(25)8-4-20;/h3-10,19,26H,11-18H2,1-2H3;1H. The lowest BCUT2D eigenvalue weighted by atomic mass is 10.1. The molecule has 1 heterocycles. The Kier molecular flexibility index (Phi) is 10.6. The summed E-state index contributed by atoms with van der Waals surface area (Å²) in [5.41, 5.74) is 3.04. The molecule has 2 aromatic rings. The number of hydrogen-bond donors (Lipinski definition) is 1. The molecule has 3 rings (SSSR count). The molecular formula is C24H33Cl2N3O2. The highest BCUT2D eigenvalue weighted by Crippen LogP contribution is 2.14. The van der Waals surface area contributed by atoms with Crippen molar-refractivity contribution in [1.29, 1.82) is 0 Å². The van der Waals surface area contributed by atoms with Crippen LogP contribution in [0.1, 0.15) is 29.8 Å². The van der Waals surface area contributed by atoms with Gasteiger partial charge in [0.15, 0.2) is 0 Å². The van der Waals surface area contributed by atoms with Gasteiger partial charge in [-0.15, -0.1) is 12.4 Å². The Morgan fingerprint density at radius 1 is 1.03 bits per heavy atom. The van der Waals surface area contributed by atoms with E-state index in [4.69, 9.17) is 16.3 Å². The van der Waals surface area contributed by atoms with E-state index in [9.17, 15) is 4.79 Å². The van der Waals surface area contributed by atoms with Crippen molar-refractivity contribution in [3.63, 3.8) is 0 Å². The van der Waals surface area contributed by atoms with Crippen LogP contribution >= 0.6 is 24.0 Å². The number of anilines is 1. The van der Waals surface area contributed by atoms with Crippen molar-refractivity contribution in [3.8, 4) is 0 Å². The Bertz CT molecular complexity index is 789. The second-order valence-corrected chi connectivity index (χ2v) is 8.37. The fourth-order valence-electron chi connectivity index (χ4n) is 3.52. The maximum absolute atomic E-state index is 12.8. The van der Waals surface area contributed by atoms with Crippen molar-refractivity contribution in [2.45, 2.75) is 26.4 Å². The van der Waals surface area contributed by atoms with Gasteiger partial charge >= 0.3 is 0 Å². The maximum atomic E-state index is 12.8. The summed E-state index contributed by atoms with van der Waals surface area (Å²) in [6, 6.07) is 15.8. The van der Waals surface area contributed by atoms with E-state index in [-0.39, 0.29) is 24.4 Å². The Labute approximate surface area is 197 Å². The first-order chi connectivity index (χ1) is 14.5. The van der Waals surface area contributed by atoms with Gasteiger partial charge in [-0.25, -0.2) is 0 Å². The fourth-order valence-corrected chi connectivity index (χ4v) is 3.64. The average Bonchev–Trinajstić information content (AvgIpc) is 2.76. The molecule has 0 spiro atoms.